The Labute approximate surface area is 95.3 Å². The summed E-state index contributed by atoms with van der Waals surface area (Å²) in [6.45, 7) is 1.22. The van der Waals surface area contributed by atoms with Gasteiger partial charge < -0.3 is 10.5 Å². The van der Waals surface area contributed by atoms with Gasteiger partial charge in [-0.05, 0) is 36.6 Å². The average Bonchev–Trinajstić information content (AvgIpc) is 2.70. The van der Waals surface area contributed by atoms with E-state index in [0.717, 1.165) is 6.42 Å². The van der Waals surface area contributed by atoms with Gasteiger partial charge in [0.15, 0.2) is 9.84 Å². The summed E-state index contributed by atoms with van der Waals surface area (Å²) in [6.07, 6.45) is 0.828. The normalized spacial score (nSPS) is 21.1. The summed E-state index contributed by atoms with van der Waals surface area (Å²) < 4.78 is 29.2. The molecular weight excluding hydrogens is 226 g/mol. The fourth-order valence-electron chi connectivity index (χ4n) is 1.80. The molecule has 1 aromatic rings. The van der Waals surface area contributed by atoms with Gasteiger partial charge in [-0.2, -0.15) is 0 Å². The van der Waals surface area contributed by atoms with E-state index in [1.54, 1.807) is 24.3 Å². The van der Waals surface area contributed by atoms with E-state index in [1.807, 2.05) is 0 Å². The number of sulfone groups is 1. The van der Waals surface area contributed by atoms with Crippen LogP contribution in [0.15, 0.2) is 29.2 Å². The summed E-state index contributed by atoms with van der Waals surface area (Å²) in [5, 5.41) is 0. The molecular formula is C11H15NO3S. The van der Waals surface area contributed by atoms with Gasteiger partial charge in [0.2, 0.25) is 0 Å². The Morgan fingerprint density at radius 2 is 2.00 bits per heavy atom. The van der Waals surface area contributed by atoms with E-state index in [0.29, 0.717) is 23.8 Å². The van der Waals surface area contributed by atoms with E-state index in [-0.39, 0.29) is 11.7 Å². The third kappa shape index (κ3) is 2.54. The van der Waals surface area contributed by atoms with E-state index < -0.39 is 9.84 Å². The minimum Gasteiger partial charge on any atom is -0.399 e. The van der Waals surface area contributed by atoms with Crippen molar-refractivity contribution in [2.45, 2.75) is 11.3 Å². The molecule has 1 aliphatic heterocycles. The van der Waals surface area contributed by atoms with Crippen LogP contribution in [0.1, 0.15) is 6.42 Å². The second-order valence-electron chi connectivity index (χ2n) is 4.08. The molecule has 2 rings (SSSR count). The Morgan fingerprint density at radius 3 is 2.56 bits per heavy atom. The predicted molar refractivity (Wildman–Crippen MR) is 61.8 cm³/mol. The van der Waals surface area contributed by atoms with E-state index in [2.05, 4.69) is 0 Å². The number of rotatable bonds is 3. The van der Waals surface area contributed by atoms with Gasteiger partial charge in [-0.1, -0.05) is 0 Å². The fraction of sp³-hybridized carbons (Fsp3) is 0.455. The van der Waals surface area contributed by atoms with Crippen LogP contribution >= 0.6 is 0 Å². The molecule has 1 atom stereocenters. The van der Waals surface area contributed by atoms with E-state index in [1.165, 1.54) is 0 Å². The first-order chi connectivity index (χ1) is 7.58. The van der Waals surface area contributed by atoms with Gasteiger partial charge in [0.1, 0.15) is 0 Å². The van der Waals surface area contributed by atoms with Crippen molar-refractivity contribution >= 4 is 15.5 Å². The highest BCUT2D eigenvalue weighted by molar-refractivity contribution is 7.91. The Hall–Kier alpha value is -1.07. The predicted octanol–water partition coefficient (Wildman–Crippen LogP) is 1.08. The molecule has 0 aliphatic carbocycles. The van der Waals surface area contributed by atoms with Crippen LogP contribution in [0, 0.1) is 5.92 Å². The first-order valence-corrected chi connectivity index (χ1v) is 6.89. The molecule has 0 unspecified atom stereocenters. The molecule has 0 saturated carbocycles. The smallest absolute Gasteiger partial charge is 0.178 e. The molecule has 16 heavy (non-hydrogen) atoms. The fourth-order valence-corrected chi connectivity index (χ4v) is 3.42. The molecule has 2 N–H and O–H groups in total. The summed E-state index contributed by atoms with van der Waals surface area (Å²) in [5.74, 6) is 0.291. The average molecular weight is 241 g/mol. The maximum absolute atomic E-state index is 12.0. The number of benzene rings is 1. The summed E-state index contributed by atoms with van der Waals surface area (Å²) in [6, 6.07) is 6.33. The molecule has 0 radical (unpaired) electrons. The number of nitrogen functional groups attached to an aromatic ring is 1. The molecule has 0 aromatic heterocycles. The second kappa shape index (κ2) is 4.43. The van der Waals surface area contributed by atoms with Crippen LogP contribution in [0.3, 0.4) is 0 Å². The van der Waals surface area contributed by atoms with Crippen molar-refractivity contribution in [2.75, 3.05) is 24.7 Å². The zero-order chi connectivity index (χ0) is 11.6. The van der Waals surface area contributed by atoms with Gasteiger partial charge in [-0.3, -0.25) is 0 Å². The highest BCUT2D eigenvalue weighted by Gasteiger charge is 2.24. The largest absolute Gasteiger partial charge is 0.399 e. The van der Waals surface area contributed by atoms with Gasteiger partial charge in [0.25, 0.3) is 0 Å². The molecule has 0 amide bonds. The summed E-state index contributed by atoms with van der Waals surface area (Å²) in [5.41, 5.74) is 6.09. The third-order valence-corrected chi connectivity index (χ3v) is 4.62. The van der Waals surface area contributed by atoms with Crippen LogP contribution in [-0.4, -0.2) is 27.4 Å². The molecule has 1 heterocycles. The molecule has 1 aliphatic rings. The van der Waals surface area contributed by atoms with Gasteiger partial charge >= 0.3 is 0 Å². The number of anilines is 1. The number of hydrogen-bond acceptors (Lipinski definition) is 4. The van der Waals surface area contributed by atoms with Crippen molar-refractivity contribution in [2.24, 2.45) is 5.92 Å². The zero-order valence-corrected chi connectivity index (χ0v) is 9.74. The molecule has 0 bridgehead atoms. The number of ether oxygens (including phenoxy) is 1. The lowest BCUT2D eigenvalue weighted by Gasteiger charge is -2.08. The van der Waals surface area contributed by atoms with E-state index in [4.69, 9.17) is 10.5 Å². The van der Waals surface area contributed by atoms with E-state index in [9.17, 15) is 8.42 Å². The minimum absolute atomic E-state index is 0.127. The standard InChI is InChI=1S/C11H15NO3S/c12-10-1-3-11(4-2-10)16(13,14)8-9-5-6-15-7-9/h1-4,9H,5-8,12H2/t9-/m0/s1. The lowest BCUT2D eigenvalue weighted by atomic mass is 10.2. The van der Waals surface area contributed by atoms with Crippen molar-refractivity contribution < 1.29 is 13.2 Å². The first-order valence-electron chi connectivity index (χ1n) is 5.24. The van der Waals surface area contributed by atoms with Crippen LogP contribution in [0.4, 0.5) is 5.69 Å². The van der Waals surface area contributed by atoms with Crippen LogP contribution < -0.4 is 5.73 Å². The van der Waals surface area contributed by atoms with Crippen molar-refractivity contribution in [3.8, 4) is 0 Å². The maximum Gasteiger partial charge on any atom is 0.178 e. The summed E-state index contributed by atoms with van der Waals surface area (Å²) >= 11 is 0. The van der Waals surface area contributed by atoms with Crippen LogP contribution in [-0.2, 0) is 14.6 Å². The van der Waals surface area contributed by atoms with Crippen LogP contribution in [0.2, 0.25) is 0 Å². The monoisotopic (exact) mass is 241 g/mol. The van der Waals surface area contributed by atoms with Gasteiger partial charge in [-0.15, -0.1) is 0 Å². The highest BCUT2D eigenvalue weighted by atomic mass is 32.2. The van der Waals surface area contributed by atoms with Gasteiger partial charge in [0, 0.05) is 12.3 Å². The lowest BCUT2D eigenvalue weighted by molar-refractivity contribution is 0.188. The highest BCUT2D eigenvalue weighted by Crippen LogP contribution is 2.20. The van der Waals surface area contributed by atoms with Crippen molar-refractivity contribution in [3.05, 3.63) is 24.3 Å². The summed E-state index contributed by atoms with van der Waals surface area (Å²) in [7, 11) is -3.20. The summed E-state index contributed by atoms with van der Waals surface area (Å²) in [4.78, 5) is 0.341. The number of nitrogens with two attached hydrogens (primary N) is 1. The molecule has 0 spiro atoms. The first kappa shape index (κ1) is 11.4. The molecule has 4 nitrogen and oxygen atoms in total. The maximum atomic E-state index is 12.0. The Bertz CT molecular complexity index is 447. The van der Waals surface area contributed by atoms with Crippen molar-refractivity contribution in [1.82, 2.24) is 0 Å². The Kier molecular flexibility index (Phi) is 3.16. The van der Waals surface area contributed by atoms with Crippen molar-refractivity contribution in [3.63, 3.8) is 0 Å². The topological polar surface area (TPSA) is 69.4 Å². The Balaban J connectivity index is 2.14. The van der Waals surface area contributed by atoms with Gasteiger partial charge in [-0.25, -0.2) is 8.42 Å². The third-order valence-electron chi connectivity index (χ3n) is 2.72. The SMILES string of the molecule is Nc1ccc(S(=O)(=O)C[C@H]2CCOC2)cc1. The molecule has 88 valence electrons. The molecule has 1 saturated heterocycles. The number of hydrogen-bond donors (Lipinski definition) is 1. The zero-order valence-electron chi connectivity index (χ0n) is 8.93. The van der Waals surface area contributed by atoms with Gasteiger partial charge in [0.05, 0.1) is 17.3 Å². The molecule has 1 aromatic carbocycles. The molecule has 1 fully saturated rings. The Morgan fingerprint density at radius 1 is 1.31 bits per heavy atom. The van der Waals surface area contributed by atoms with Crippen LogP contribution in [0.25, 0.3) is 0 Å². The van der Waals surface area contributed by atoms with E-state index >= 15 is 0 Å². The quantitative estimate of drug-likeness (QED) is 0.804. The molecule has 5 heteroatoms. The van der Waals surface area contributed by atoms with Crippen LogP contribution in [0.5, 0.6) is 0 Å². The second-order valence-corrected chi connectivity index (χ2v) is 6.11. The van der Waals surface area contributed by atoms with Crippen molar-refractivity contribution in [1.29, 1.82) is 0 Å². The lowest BCUT2D eigenvalue weighted by Crippen LogP contribution is -2.16. The minimum atomic E-state index is -3.20.